The summed E-state index contributed by atoms with van der Waals surface area (Å²) in [7, 11) is 2.64. The van der Waals surface area contributed by atoms with Crippen molar-refractivity contribution in [2.45, 2.75) is 24.7 Å². The van der Waals surface area contributed by atoms with E-state index in [1.807, 2.05) is 0 Å². The Kier molecular flexibility index (Phi) is 5.89. The number of nitrogens with zero attached hydrogens (tertiary/aromatic N) is 3. The lowest BCUT2D eigenvalue weighted by atomic mass is 9.96. The average molecular weight is 410 g/mol. The number of amides is 1. The molecule has 5 nitrogen and oxygen atoms in total. The Hall–Kier alpha value is -1.77. The van der Waals surface area contributed by atoms with E-state index in [0.717, 1.165) is 15.7 Å². The fourth-order valence-electron chi connectivity index (χ4n) is 2.42. The van der Waals surface area contributed by atoms with Gasteiger partial charge in [0.2, 0.25) is 11.5 Å². The maximum absolute atomic E-state index is 13.5. The molecule has 10 heteroatoms. The molecule has 0 aliphatic rings. The van der Waals surface area contributed by atoms with Crippen molar-refractivity contribution in [3.05, 3.63) is 52.0 Å². The lowest BCUT2D eigenvalue weighted by Gasteiger charge is -2.31. The van der Waals surface area contributed by atoms with Gasteiger partial charge in [-0.25, -0.2) is 4.98 Å². The summed E-state index contributed by atoms with van der Waals surface area (Å²) in [4.78, 5) is 17.0. The second-order valence-corrected chi connectivity index (χ2v) is 6.71. The number of rotatable bonds is 5. The Bertz CT molecular complexity index is 810. The molecular weight excluding hydrogens is 394 g/mol. The molecule has 0 aliphatic heterocycles. The molecule has 0 saturated carbocycles. The van der Waals surface area contributed by atoms with Crippen molar-refractivity contribution in [2.24, 2.45) is 7.05 Å². The van der Waals surface area contributed by atoms with E-state index >= 15 is 0 Å². The molecule has 26 heavy (non-hydrogen) atoms. The Morgan fingerprint density at radius 2 is 1.96 bits per heavy atom. The van der Waals surface area contributed by atoms with Gasteiger partial charge < -0.3 is 14.6 Å². The van der Waals surface area contributed by atoms with Crippen LogP contribution in [0.5, 0.6) is 0 Å². The number of aliphatic hydroxyl groups is 1. The van der Waals surface area contributed by atoms with Crippen LogP contribution in [0.4, 0.5) is 13.2 Å². The molecule has 1 aromatic heterocycles. The van der Waals surface area contributed by atoms with Crippen LogP contribution in [0.25, 0.3) is 0 Å². The summed E-state index contributed by atoms with van der Waals surface area (Å²) < 4.78 is 41.5. The summed E-state index contributed by atoms with van der Waals surface area (Å²) in [5.41, 5.74) is -2.81. The van der Waals surface area contributed by atoms with Gasteiger partial charge in [0, 0.05) is 33.0 Å². The summed E-state index contributed by atoms with van der Waals surface area (Å²) in [6, 6.07) is 4.65. The molecule has 0 radical (unpaired) electrons. The molecule has 0 fully saturated rings. The molecule has 1 N–H and O–H groups in total. The number of hydrogen-bond donors (Lipinski definition) is 1. The molecule has 1 atom stereocenters. The highest BCUT2D eigenvalue weighted by molar-refractivity contribution is 6.42. The Morgan fingerprint density at radius 3 is 2.46 bits per heavy atom. The van der Waals surface area contributed by atoms with E-state index in [4.69, 9.17) is 23.2 Å². The van der Waals surface area contributed by atoms with Gasteiger partial charge in [-0.05, 0) is 17.7 Å². The first-order chi connectivity index (χ1) is 12.0. The number of aryl methyl sites for hydroxylation is 1. The molecule has 1 amide bonds. The molecule has 2 rings (SSSR count). The minimum atomic E-state index is -5.08. The van der Waals surface area contributed by atoms with Crippen LogP contribution in [0, 0.1) is 0 Å². The Balaban J connectivity index is 2.21. The minimum Gasteiger partial charge on any atom is -0.374 e. The zero-order valence-electron chi connectivity index (χ0n) is 13.9. The van der Waals surface area contributed by atoms with Gasteiger partial charge in [-0.1, -0.05) is 29.3 Å². The molecule has 0 aliphatic carbocycles. The van der Waals surface area contributed by atoms with Crippen LogP contribution in [0.15, 0.2) is 30.6 Å². The molecule has 0 saturated heterocycles. The van der Waals surface area contributed by atoms with Crippen molar-refractivity contribution in [1.82, 2.24) is 14.5 Å². The van der Waals surface area contributed by atoms with E-state index in [0.29, 0.717) is 10.6 Å². The maximum Gasteiger partial charge on any atom is 0.425 e. The third-order valence-electron chi connectivity index (χ3n) is 3.90. The fraction of sp³-hybridized carbons (Fsp3) is 0.375. The van der Waals surface area contributed by atoms with Gasteiger partial charge in [0.25, 0.3) is 0 Å². The number of alkyl halides is 3. The van der Waals surface area contributed by atoms with Gasteiger partial charge in [0.15, 0.2) is 5.82 Å². The van der Waals surface area contributed by atoms with Crippen molar-refractivity contribution in [2.75, 3.05) is 7.05 Å². The van der Waals surface area contributed by atoms with Gasteiger partial charge in [-0.3, -0.25) is 4.79 Å². The van der Waals surface area contributed by atoms with E-state index < -0.39 is 29.9 Å². The van der Waals surface area contributed by atoms with Crippen LogP contribution in [0.2, 0.25) is 10.0 Å². The number of carbonyl (C=O) groups is 1. The van der Waals surface area contributed by atoms with Crippen LogP contribution in [0.1, 0.15) is 17.8 Å². The summed E-state index contributed by atoms with van der Waals surface area (Å²) >= 11 is 11.7. The normalized spacial score (nSPS) is 14.2. The highest BCUT2D eigenvalue weighted by atomic mass is 35.5. The SMILES string of the molecule is CN(Cc1ccc(Cl)c(Cl)c1)C(=O)CC(O)(c1nccn1C)C(F)(F)F. The van der Waals surface area contributed by atoms with Crippen molar-refractivity contribution >= 4 is 29.1 Å². The summed E-state index contributed by atoms with van der Waals surface area (Å²) in [6.45, 7) is 0.00419. The van der Waals surface area contributed by atoms with E-state index in [-0.39, 0.29) is 11.6 Å². The summed E-state index contributed by atoms with van der Waals surface area (Å²) in [6.07, 6.45) is -3.89. The number of halogens is 5. The highest BCUT2D eigenvalue weighted by Gasteiger charge is 2.58. The van der Waals surface area contributed by atoms with E-state index in [2.05, 4.69) is 4.98 Å². The van der Waals surface area contributed by atoms with Crippen molar-refractivity contribution in [3.8, 4) is 0 Å². The largest absolute Gasteiger partial charge is 0.425 e. The molecule has 0 bridgehead atoms. The predicted octanol–water partition coefficient (Wildman–Crippen LogP) is 3.53. The molecule has 2 aromatic rings. The quantitative estimate of drug-likeness (QED) is 0.821. The van der Waals surface area contributed by atoms with E-state index in [1.54, 1.807) is 6.07 Å². The van der Waals surface area contributed by atoms with Gasteiger partial charge in [-0.2, -0.15) is 13.2 Å². The first-order valence-corrected chi connectivity index (χ1v) is 8.16. The molecule has 0 spiro atoms. The molecule has 1 unspecified atom stereocenters. The van der Waals surface area contributed by atoms with Crippen LogP contribution < -0.4 is 0 Å². The topological polar surface area (TPSA) is 58.4 Å². The minimum absolute atomic E-state index is 0.00419. The number of imidazole rings is 1. The fourth-order valence-corrected chi connectivity index (χ4v) is 2.74. The van der Waals surface area contributed by atoms with Crippen LogP contribution in [-0.2, 0) is 24.0 Å². The second kappa shape index (κ2) is 7.46. The van der Waals surface area contributed by atoms with Crippen molar-refractivity contribution in [1.29, 1.82) is 0 Å². The number of aromatic nitrogens is 2. The third kappa shape index (κ3) is 4.13. The molecule has 142 valence electrons. The van der Waals surface area contributed by atoms with E-state index in [1.165, 1.54) is 32.4 Å². The van der Waals surface area contributed by atoms with Crippen LogP contribution in [-0.4, -0.2) is 38.7 Å². The van der Waals surface area contributed by atoms with E-state index in [9.17, 15) is 23.1 Å². The lowest BCUT2D eigenvalue weighted by Crippen LogP contribution is -2.48. The highest BCUT2D eigenvalue weighted by Crippen LogP contribution is 2.41. The van der Waals surface area contributed by atoms with Gasteiger partial charge >= 0.3 is 6.18 Å². The van der Waals surface area contributed by atoms with Crippen molar-refractivity contribution < 1.29 is 23.1 Å². The zero-order valence-corrected chi connectivity index (χ0v) is 15.4. The number of carbonyl (C=O) groups excluding carboxylic acids is 1. The smallest absolute Gasteiger partial charge is 0.374 e. The third-order valence-corrected chi connectivity index (χ3v) is 4.64. The second-order valence-electron chi connectivity index (χ2n) is 5.89. The molecule has 1 aromatic carbocycles. The monoisotopic (exact) mass is 409 g/mol. The standard InChI is InChI=1S/C16H16Cl2F3N3O2/c1-23-6-5-22-14(23)15(26,16(19,20)21)8-13(25)24(2)9-10-3-4-11(17)12(18)7-10/h3-7,26H,8-9H2,1-2H3. The number of hydrogen-bond acceptors (Lipinski definition) is 3. The first kappa shape index (κ1) is 20.5. The number of benzene rings is 1. The van der Waals surface area contributed by atoms with Crippen LogP contribution in [0.3, 0.4) is 0 Å². The zero-order chi connectivity index (χ0) is 19.7. The molecule has 1 heterocycles. The predicted molar refractivity (Wildman–Crippen MR) is 90.7 cm³/mol. The van der Waals surface area contributed by atoms with Crippen molar-refractivity contribution in [3.63, 3.8) is 0 Å². The lowest BCUT2D eigenvalue weighted by molar-refractivity contribution is -0.271. The molecular formula is C16H16Cl2F3N3O2. The van der Waals surface area contributed by atoms with Gasteiger partial charge in [0.1, 0.15) is 0 Å². The summed E-state index contributed by atoms with van der Waals surface area (Å²) in [5, 5.41) is 10.9. The summed E-state index contributed by atoms with van der Waals surface area (Å²) in [5.74, 6) is -1.56. The Morgan fingerprint density at radius 1 is 1.31 bits per heavy atom. The van der Waals surface area contributed by atoms with Crippen LogP contribution >= 0.6 is 23.2 Å². The average Bonchev–Trinajstić information content (AvgIpc) is 2.96. The maximum atomic E-state index is 13.5. The first-order valence-electron chi connectivity index (χ1n) is 7.40. The van der Waals surface area contributed by atoms with Gasteiger partial charge in [-0.15, -0.1) is 0 Å². The Labute approximate surface area is 158 Å². The van der Waals surface area contributed by atoms with Gasteiger partial charge in [0.05, 0.1) is 16.5 Å².